The fraction of sp³-hybridized carbons (Fsp3) is 0.429. The first-order valence-electron chi connectivity index (χ1n) is 10.5. The normalized spacial score (nSPS) is 14.0. The van der Waals surface area contributed by atoms with Crippen molar-refractivity contribution in [3.05, 3.63) is 35.9 Å². The number of aliphatic hydroxyl groups is 1. The number of carboxylic acid groups (broad SMARTS) is 2. The molecule has 0 radical (unpaired) electrons. The Morgan fingerprint density at radius 2 is 1.37 bits per heavy atom. The molecular formula is C21H29N5O9. The lowest BCUT2D eigenvalue weighted by Crippen LogP contribution is -2.58. The van der Waals surface area contributed by atoms with Gasteiger partial charge in [0.15, 0.2) is 0 Å². The first kappa shape index (κ1) is 29.0. The number of benzene rings is 1. The highest BCUT2D eigenvalue weighted by atomic mass is 16.4. The number of carbonyl (C=O) groups is 6. The van der Waals surface area contributed by atoms with Crippen molar-refractivity contribution in [1.82, 2.24) is 16.0 Å². The molecule has 0 aliphatic rings. The minimum atomic E-state index is -1.80. The third-order valence-corrected chi connectivity index (χ3v) is 4.75. The van der Waals surface area contributed by atoms with Crippen LogP contribution < -0.4 is 27.4 Å². The fourth-order valence-electron chi connectivity index (χ4n) is 2.90. The number of aliphatic carboxylic acids is 2. The van der Waals surface area contributed by atoms with Crippen molar-refractivity contribution < 1.29 is 44.1 Å². The summed E-state index contributed by atoms with van der Waals surface area (Å²) in [4.78, 5) is 71.3. The van der Waals surface area contributed by atoms with E-state index in [1.165, 1.54) is 0 Å². The summed E-state index contributed by atoms with van der Waals surface area (Å²) < 4.78 is 0. The molecule has 14 nitrogen and oxygen atoms in total. The van der Waals surface area contributed by atoms with E-state index in [9.17, 15) is 28.8 Å². The lowest BCUT2D eigenvalue weighted by molar-refractivity contribution is -0.147. The van der Waals surface area contributed by atoms with Crippen LogP contribution in [0.15, 0.2) is 30.3 Å². The van der Waals surface area contributed by atoms with E-state index in [0.717, 1.165) is 0 Å². The molecule has 1 aromatic rings. The second-order valence-electron chi connectivity index (χ2n) is 7.60. The van der Waals surface area contributed by atoms with Gasteiger partial charge < -0.3 is 42.7 Å². The predicted molar refractivity (Wildman–Crippen MR) is 119 cm³/mol. The zero-order valence-corrected chi connectivity index (χ0v) is 18.7. The fourth-order valence-corrected chi connectivity index (χ4v) is 2.90. The van der Waals surface area contributed by atoms with Crippen LogP contribution in [0.25, 0.3) is 0 Å². The smallest absolute Gasteiger partial charge is 0.326 e. The Kier molecular flexibility index (Phi) is 11.8. The maximum Gasteiger partial charge on any atom is 0.326 e. The molecule has 4 unspecified atom stereocenters. The van der Waals surface area contributed by atoms with Gasteiger partial charge in [0.1, 0.15) is 24.2 Å². The van der Waals surface area contributed by atoms with Crippen molar-refractivity contribution in [2.75, 3.05) is 6.61 Å². The first-order chi connectivity index (χ1) is 16.4. The van der Waals surface area contributed by atoms with Crippen molar-refractivity contribution >= 4 is 35.6 Å². The van der Waals surface area contributed by atoms with Crippen LogP contribution in [-0.2, 0) is 35.2 Å². The van der Waals surface area contributed by atoms with Crippen molar-refractivity contribution in [3.8, 4) is 0 Å². The highest BCUT2D eigenvalue weighted by molar-refractivity contribution is 5.95. The molecule has 0 aliphatic carbocycles. The summed E-state index contributed by atoms with van der Waals surface area (Å²) in [7, 11) is 0. The number of carboxylic acids is 2. The zero-order chi connectivity index (χ0) is 26.5. The van der Waals surface area contributed by atoms with Gasteiger partial charge in [-0.15, -0.1) is 0 Å². The lowest BCUT2D eigenvalue weighted by Gasteiger charge is -2.25. The SMILES string of the molecule is NC(=O)CCC(NC(=O)C(Cc1ccccc1)NC(=O)C(N)CO)C(=O)NC(CC(=O)O)C(=O)O. The summed E-state index contributed by atoms with van der Waals surface area (Å²) in [6.45, 7) is -0.685. The van der Waals surface area contributed by atoms with Gasteiger partial charge in [-0.3, -0.25) is 24.0 Å². The van der Waals surface area contributed by atoms with E-state index in [2.05, 4.69) is 10.6 Å². The number of rotatable bonds is 15. The van der Waals surface area contributed by atoms with Crippen LogP contribution in [0.3, 0.4) is 0 Å². The Labute approximate surface area is 200 Å². The van der Waals surface area contributed by atoms with E-state index in [4.69, 9.17) is 26.8 Å². The van der Waals surface area contributed by atoms with Gasteiger partial charge in [-0.25, -0.2) is 4.79 Å². The zero-order valence-electron chi connectivity index (χ0n) is 18.7. The van der Waals surface area contributed by atoms with Gasteiger partial charge in [0.25, 0.3) is 0 Å². The molecule has 14 heteroatoms. The maximum absolute atomic E-state index is 13.0. The van der Waals surface area contributed by atoms with Crippen LogP contribution in [0, 0.1) is 0 Å². The summed E-state index contributed by atoms with van der Waals surface area (Å²) >= 11 is 0. The number of aliphatic hydroxyl groups excluding tert-OH is 1. The number of amides is 4. The summed E-state index contributed by atoms with van der Waals surface area (Å²) in [6.07, 6.45) is -1.64. The van der Waals surface area contributed by atoms with Gasteiger partial charge in [-0.1, -0.05) is 30.3 Å². The van der Waals surface area contributed by atoms with Crippen molar-refractivity contribution in [3.63, 3.8) is 0 Å². The van der Waals surface area contributed by atoms with Gasteiger partial charge >= 0.3 is 11.9 Å². The number of hydrogen-bond donors (Lipinski definition) is 8. The molecule has 35 heavy (non-hydrogen) atoms. The molecule has 1 rings (SSSR count). The van der Waals surface area contributed by atoms with Crippen LogP contribution >= 0.6 is 0 Å². The van der Waals surface area contributed by atoms with Crippen LogP contribution in [0.2, 0.25) is 0 Å². The van der Waals surface area contributed by atoms with Crippen molar-refractivity contribution in [2.45, 2.75) is 49.9 Å². The third-order valence-electron chi connectivity index (χ3n) is 4.75. The van der Waals surface area contributed by atoms with Crippen molar-refractivity contribution in [2.24, 2.45) is 11.5 Å². The summed E-state index contributed by atoms with van der Waals surface area (Å²) in [6, 6.07) is 2.63. The predicted octanol–water partition coefficient (Wildman–Crippen LogP) is -3.17. The number of nitrogens with one attached hydrogen (secondary N) is 3. The molecule has 4 amide bonds. The van der Waals surface area contributed by atoms with Gasteiger partial charge in [-0.05, 0) is 12.0 Å². The molecule has 1 aromatic carbocycles. The number of hydrogen-bond acceptors (Lipinski definition) is 8. The molecule has 0 fully saturated rings. The van der Waals surface area contributed by atoms with E-state index in [0.29, 0.717) is 5.56 Å². The van der Waals surface area contributed by atoms with Crippen LogP contribution in [0.4, 0.5) is 0 Å². The molecular weight excluding hydrogens is 466 g/mol. The van der Waals surface area contributed by atoms with Crippen LogP contribution in [0.5, 0.6) is 0 Å². The minimum absolute atomic E-state index is 0.0303. The monoisotopic (exact) mass is 495 g/mol. The lowest BCUT2D eigenvalue weighted by atomic mass is 10.0. The highest BCUT2D eigenvalue weighted by Gasteiger charge is 2.31. The van der Waals surface area contributed by atoms with Gasteiger partial charge in [0, 0.05) is 12.8 Å². The average Bonchev–Trinajstić information content (AvgIpc) is 2.80. The largest absolute Gasteiger partial charge is 0.481 e. The van der Waals surface area contributed by atoms with Gasteiger partial charge in [0.2, 0.25) is 23.6 Å². The van der Waals surface area contributed by atoms with E-state index < -0.39 is 72.8 Å². The molecule has 0 aliphatic heterocycles. The van der Waals surface area contributed by atoms with E-state index in [1.54, 1.807) is 30.3 Å². The molecule has 10 N–H and O–H groups in total. The van der Waals surface area contributed by atoms with Gasteiger partial charge in [-0.2, -0.15) is 0 Å². The molecule has 0 saturated heterocycles. The maximum atomic E-state index is 13.0. The first-order valence-corrected chi connectivity index (χ1v) is 10.5. The van der Waals surface area contributed by atoms with E-state index in [1.807, 2.05) is 5.32 Å². The molecule has 0 bridgehead atoms. The molecule has 0 spiro atoms. The Morgan fingerprint density at radius 3 is 1.89 bits per heavy atom. The topological polar surface area (TPSA) is 251 Å². The number of primary amides is 1. The molecule has 0 saturated carbocycles. The molecule has 192 valence electrons. The minimum Gasteiger partial charge on any atom is -0.481 e. The quantitative estimate of drug-likeness (QED) is 0.121. The molecule has 0 aromatic heterocycles. The Bertz CT molecular complexity index is 925. The van der Waals surface area contributed by atoms with E-state index in [-0.39, 0.29) is 19.3 Å². The van der Waals surface area contributed by atoms with Gasteiger partial charge in [0.05, 0.1) is 13.0 Å². The highest BCUT2D eigenvalue weighted by Crippen LogP contribution is 2.06. The standard InChI is InChI=1S/C21H29N5O9/c22-12(10-27)18(31)25-14(8-11-4-2-1-3-5-11)20(33)24-13(6-7-16(23)28)19(32)26-15(21(34)35)9-17(29)30/h1-5,12-15,27H,6-10,22H2,(H2,23,28)(H,24,33)(H,25,31)(H,26,32)(H,29,30)(H,34,35). The van der Waals surface area contributed by atoms with E-state index >= 15 is 0 Å². The molecule has 4 atom stereocenters. The van der Waals surface area contributed by atoms with Crippen LogP contribution in [0.1, 0.15) is 24.8 Å². The second-order valence-corrected chi connectivity index (χ2v) is 7.60. The third kappa shape index (κ3) is 10.6. The second kappa shape index (κ2) is 14.3. The Balaban J connectivity index is 3.11. The summed E-state index contributed by atoms with van der Waals surface area (Å²) in [5.41, 5.74) is 11.2. The average molecular weight is 495 g/mol. The Morgan fingerprint density at radius 1 is 0.829 bits per heavy atom. The van der Waals surface area contributed by atoms with Crippen LogP contribution in [-0.4, -0.2) is 81.7 Å². The summed E-state index contributed by atoms with van der Waals surface area (Å²) in [5, 5.41) is 33.8. The Hall–Kier alpha value is -4.04. The number of carbonyl (C=O) groups excluding carboxylic acids is 4. The van der Waals surface area contributed by atoms with Crippen molar-refractivity contribution in [1.29, 1.82) is 0 Å². The molecule has 0 heterocycles. The summed E-state index contributed by atoms with van der Waals surface area (Å²) in [5.74, 6) is -6.68. The number of nitrogens with two attached hydrogens (primary N) is 2.